The SMILES string of the molecule is CCn1c([C@H](C)NC(=O)c2cccc3c2OCO3)nc2ccccc21. The second-order valence-electron chi connectivity index (χ2n) is 5.94. The van der Waals surface area contributed by atoms with Crippen LogP contribution in [0.15, 0.2) is 42.5 Å². The van der Waals surface area contributed by atoms with Gasteiger partial charge in [-0.1, -0.05) is 18.2 Å². The van der Waals surface area contributed by atoms with Crippen molar-refractivity contribution in [2.75, 3.05) is 6.79 Å². The van der Waals surface area contributed by atoms with Gasteiger partial charge in [0.05, 0.1) is 22.6 Å². The maximum Gasteiger partial charge on any atom is 0.255 e. The molecule has 0 fully saturated rings. The van der Waals surface area contributed by atoms with Gasteiger partial charge in [-0.05, 0) is 38.1 Å². The predicted octanol–water partition coefficient (Wildman–Crippen LogP) is 3.28. The van der Waals surface area contributed by atoms with Crippen LogP contribution in [0, 0.1) is 0 Å². The molecule has 0 saturated carbocycles. The standard InChI is InChI=1S/C19H19N3O3/c1-3-22-15-9-5-4-8-14(15)21-18(22)12(2)20-19(23)13-7-6-10-16-17(13)25-11-24-16/h4-10,12H,3,11H2,1-2H3,(H,20,23)/t12-/m0/s1. The van der Waals surface area contributed by atoms with Gasteiger partial charge in [0.25, 0.3) is 5.91 Å². The maximum absolute atomic E-state index is 12.7. The predicted molar refractivity (Wildman–Crippen MR) is 93.9 cm³/mol. The molecule has 2 heterocycles. The number of imidazole rings is 1. The molecule has 0 radical (unpaired) electrons. The lowest BCUT2D eigenvalue weighted by atomic mass is 10.1. The van der Waals surface area contributed by atoms with Gasteiger partial charge in [0, 0.05) is 6.54 Å². The van der Waals surface area contributed by atoms with E-state index in [9.17, 15) is 4.79 Å². The lowest BCUT2D eigenvalue weighted by Gasteiger charge is -2.16. The van der Waals surface area contributed by atoms with E-state index in [2.05, 4.69) is 16.8 Å². The minimum absolute atomic E-state index is 0.140. The van der Waals surface area contributed by atoms with Gasteiger partial charge in [-0.3, -0.25) is 4.79 Å². The highest BCUT2D eigenvalue weighted by atomic mass is 16.7. The molecule has 2 aromatic carbocycles. The number of amides is 1. The second kappa shape index (κ2) is 6.12. The topological polar surface area (TPSA) is 65.4 Å². The third-order valence-corrected chi connectivity index (χ3v) is 4.38. The molecule has 1 aromatic heterocycles. The van der Waals surface area contributed by atoms with Crippen LogP contribution >= 0.6 is 0 Å². The smallest absolute Gasteiger partial charge is 0.255 e. The van der Waals surface area contributed by atoms with Gasteiger partial charge in [0.1, 0.15) is 5.82 Å². The fourth-order valence-corrected chi connectivity index (χ4v) is 3.21. The molecule has 0 unspecified atom stereocenters. The van der Waals surface area contributed by atoms with E-state index in [-0.39, 0.29) is 18.7 Å². The zero-order valence-electron chi connectivity index (χ0n) is 14.2. The summed E-state index contributed by atoms with van der Waals surface area (Å²) in [6.07, 6.45) is 0. The number of carbonyl (C=O) groups excluding carboxylic acids is 1. The summed E-state index contributed by atoms with van der Waals surface area (Å²) in [5, 5.41) is 3.02. The summed E-state index contributed by atoms with van der Waals surface area (Å²) in [6.45, 7) is 4.93. The van der Waals surface area contributed by atoms with Crippen molar-refractivity contribution < 1.29 is 14.3 Å². The first-order valence-electron chi connectivity index (χ1n) is 8.33. The average molecular weight is 337 g/mol. The number of hydrogen-bond acceptors (Lipinski definition) is 4. The minimum atomic E-state index is -0.238. The summed E-state index contributed by atoms with van der Waals surface area (Å²) in [4.78, 5) is 17.4. The first kappa shape index (κ1) is 15.5. The Morgan fingerprint density at radius 3 is 2.92 bits per heavy atom. The van der Waals surface area contributed by atoms with E-state index in [1.807, 2.05) is 31.2 Å². The second-order valence-corrected chi connectivity index (χ2v) is 5.94. The van der Waals surface area contributed by atoms with Gasteiger partial charge in [-0.15, -0.1) is 0 Å². The highest BCUT2D eigenvalue weighted by molar-refractivity contribution is 5.98. The van der Waals surface area contributed by atoms with Crippen LogP contribution in [0.1, 0.15) is 36.1 Å². The largest absolute Gasteiger partial charge is 0.454 e. The van der Waals surface area contributed by atoms with Gasteiger partial charge in [0.15, 0.2) is 11.5 Å². The number of fused-ring (bicyclic) bond motifs is 2. The van der Waals surface area contributed by atoms with Crippen molar-refractivity contribution >= 4 is 16.9 Å². The molecule has 6 heteroatoms. The Kier molecular flexibility index (Phi) is 3.80. The molecule has 0 bridgehead atoms. The number of para-hydroxylation sites is 3. The van der Waals surface area contributed by atoms with Crippen molar-refractivity contribution in [3.05, 3.63) is 53.9 Å². The Morgan fingerprint density at radius 2 is 2.08 bits per heavy atom. The van der Waals surface area contributed by atoms with E-state index in [0.717, 1.165) is 23.4 Å². The molecule has 25 heavy (non-hydrogen) atoms. The lowest BCUT2D eigenvalue weighted by molar-refractivity contribution is 0.0933. The summed E-state index contributed by atoms with van der Waals surface area (Å²) in [7, 11) is 0. The Balaban J connectivity index is 1.63. The molecular weight excluding hydrogens is 318 g/mol. The monoisotopic (exact) mass is 337 g/mol. The Labute approximate surface area is 145 Å². The van der Waals surface area contributed by atoms with Crippen LogP contribution in [0.4, 0.5) is 0 Å². The quantitative estimate of drug-likeness (QED) is 0.793. The van der Waals surface area contributed by atoms with Gasteiger partial charge in [-0.25, -0.2) is 4.98 Å². The first-order valence-corrected chi connectivity index (χ1v) is 8.33. The van der Waals surface area contributed by atoms with Gasteiger partial charge < -0.3 is 19.4 Å². The first-order chi connectivity index (χ1) is 12.2. The summed E-state index contributed by atoms with van der Waals surface area (Å²) >= 11 is 0. The van der Waals surface area contributed by atoms with Crippen molar-refractivity contribution in [3.63, 3.8) is 0 Å². The molecule has 1 aliphatic heterocycles. The van der Waals surface area contributed by atoms with Crippen molar-refractivity contribution in [3.8, 4) is 11.5 Å². The zero-order valence-corrected chi connectivity index (χ0v) is 14.2. The zero-order chi connectivity index (χ0) is 17.4. The summed E-state index contributed by atoms with van der Waals surface area (Å²) in [6, 6.07) is 13.1. The van der Waals surface area contributed by atoms with Gasteiger partial charge in [-0.2, -0.15) is 0 Å². The molecular formula is C19H19N3O3. The molecule has 3 aromatic rings. The number of aryl methyl sites for hydroxylation is 1. The van der Waals surface area contributed by atoms with Crippen LogP contribution in [-0.2, 0) is 6.54 Å². The number of aromatic nitrogens is 2. The van der Waals surface area contributed by atoms with Crippen molar-refractivity contribution in [2.45, 2.75) is 26.4 Å². The number of ether oxygens (including phenoxy) is 2. The molecule has 1 atom stereocenters. The molecule has 0 spiro atoms. The van der Waals surface area contributed by atoms with E-state index in [1.54, 1.807) is 18.2 Å². The lowest BCUT2D eigenvalue weighted by Crippen LogP contribution is -2.28. The summed E-state index contributed by atoms with van der Waals surface area (Å²) in [5.74, 6) is 1.73. The third kappa shape index (κ3) is 2.59. The Bertz CT molecular complexity index is 948. The number of benzene rings is 2. The maximum atomic E-state index is 12.7. The van der Waals surface area contributed by atoms with Crippen LogP contribution in [-0.4, -0.2) is 22.3 Å². The molecule has 6 nitrogen and oxygen atoms in total. The number of hydrogen-bond donors (Lipinski definition) is 1. The Morgan fingerprint density at radius 1 is 1.24 bits per heavy atom. The number of rotatable bonds is 4. The van der Waals surface area contributed by atoms with Crippen LogP contribution < -0.4 is 14.8 Å². The normalized spacial score (nSPS) is 13.8. The van der Waals surface area contributed by atoms with E-state index >= 15 is 0 Å². The molecule has 0 saturated heterocycles. The molecule has 1 amide bonds. The summed E-state index contributed by atoms with van der Waals surface area (Å²) in [5.41, 5.74) is 2.47. The van der Waals surface area contributed by atoms with Crippen LogP contribution in [0.2, 0.25) is 0 Å². The van der Waals surface area contributed by atoms with Crippen LogP contribution in [0.3, 0.4) is 0 Å². The molecule has 4 rings (SSSR count). The minimum Gasteiger partial charge on any atom is -0.454 e. The Hall–Kier alpha value is -3.02. The third-order valence-electron chi connectivity index (χ3n) is 4.38. The fourth-order valence-electron chi connectivity index (χ4n) is 3.21. The average Bonchev–Trinajstić information content (AvgIpc) is 3.25. The summed E-state index contributed by atoms with van der Waals surface area (Å²) < 4.78 is 12.9. The van der Waals surface area contributed by atoms with E-state index in [1.165, 1.54) is 0 Å². The van der Waals surface area contributed by atoms with Crippen molar-refractivity contribution in [1.82, 2.24) is 14.9 Å². The van der Waals surface area contributed by atoms with Gasteiger partial charge >= 0.3 is 0 Å². The highest BCUT2D eigenvalue weighted by Crippen LogP contribution is 2.35. The van der Waals surface area contributed by atoms with Crippen LogP contribution in [0.25, 0.3) is 11.0 Å². The molecule has 1 aliphatic rings. The molecule has 1 N–H and O–H groups in total. The number of nitrogens with one attached hydrogen (secondary N) is 1. The van der Waals surface area contributed by atoms with E-state index in [0.29, 0.717) is 17.1 Å². The molecule has 128 valence electrons. The van der Waals surface area contributed by atoms with Crippen molar-refractivity contribution in [1.29, 1.82) is 0 Å². The number of nitrogens with zero attached hydrogens (tertiary/aromatic N) is 2. The van der Waals surface area contributed by atoms with Crippen LogP contribution in [0.5, 0.6) is 11.5 Å². The molecule has 0 aliphatic carbocycles. The fraction of sp³-hybridized carbons (Fsp3) is 0.263. The van der Waals surface area contributed by atoms with Crippen molar-refractivity contribution in [2.24, 2.45) is 0 Å². The van der Waals surface area contributed by atoms with Gasteiger partial charge in [0.2, 0.25) is 6.79 Å². The number of carbonyl (C=O) groups is 1. The van der Waals surface area contributed by atoms with E-state index < -0.39 is 0 Å². The highest BCUT2D eigenvalue weighted by Gasteiger charge is 2.24. The van der Waals surface area contributed by atoms with E-state index in [4.69, 9.17) is 14.5 Å².